The van der Waals surface area contributed by atoms with Crippen molar-refractivity contribution in [1.82, 2.24) is 59.0 Å². The van der Waals surface area contributed by atoms with Crippen LogP contribution < -0.4 is 0 Å². The molecule has 0 aliphatic heterocycles. The molecule has 0 fully saturated rings. The van der Waals surface area contributed by atoms with Gasteiger partial charge in [-0.1, -0.05) is 261 Å². The Labute approximate surface area is 598 Å². The van der Waals surface area contributed by atoms with Gasteiger partial charge in [0.25, 0.3) is 0 Å². The van der Waals surface area contributed by atoms with Crippen LogP contribution in [0.15, 0.2) is 352 Å². The van der Waals surface area contributed by atoms with Crippen molar-refractivity contribution in [3.8, 4) is 147 Å². The Morgan fingerprint density at radius 3 is 0.990 bits per heavy atom. The quantitative estimate of drug-likeness (QED) is 0.103. The molecule has 0 spiro atoms. The van der Waals surface area contributed by atoms with Gasteiger partial charge < -0.3 is 0 Å². The molecular formula is C92H58N12. The molecule has 0 N–H and O–H groups in total. The summed E-state index contributed by atoms with van der Waals surface area (Å²) in [6.07, 6.45) is 1.81. The van der Waals surface area contributed by atoms with E-state index < -0.39 is 0 Å². The Bertz CT molecular complexity index is 6380. The van der Waals surface area contributed by atoms with E-state index in [1.165, 1.54) is 0 Å². The summed E-state index contributed by atoms with van der Waals surface area (Å²) in [4.78, 5) is 51.3. The average molecular weight is 1330 g/mol. The van der Waals surface area contributed by atoms with Crippen molar-refractivity contribution in [3.63, 3.8) is 0 Å². The lowest BCUT2D eigenvalue weighted by molar-refractivity contribution is 1.08. The first kappa shape index (κ1) is 60.8. The predicted octanol–water partition coefficient (Wildman–Crippen LogP) is 21.8. The minimum atomic E-state index is 0.567. The Balaban J connectivity index is 0.630. The van der Waals surface area contributed by atoms with Gasteiger partial charge in [0.15, 0.2) is 46.6 Å². The Kier molecular flexibility index (Phi) is 15.2. The average Bonchev–Trinajstić information content (AvgIpc) is 1.12. The molecule has 0 aliphatic rings. The van der Waals surface area contributed by atoms with Crippen molar-refractivity contribution in [1.29, 1.82) is 0 Å². The zero-order chi connectivity index (χ0) is 68.9. The first-order valence-corrected chi connectivity index (χ1v) is 34.5. The second-order valence-electron chi connectivity index (χ2n) is 25.5. The van der Waals surface area contributed by atoms with E-state index in [1.54, 1.807) is 0 Å². The smallest absolute Gasteiger partial charge is 0.164 e. The molecule has 0 amide bonds. The monoisotopic (exact) mass is 1330 g/mol. The fourth-order valence-electron chi connectivity index (χ4n) is 14.2. The lowest BCUT2D eigenvalue weighted by atomic mass is 9.94. The molecule has 0 unspecified atom stereocenters. The molecule has 0 radical (unpaired) electrons. The molecule has 104 heavy (non-hydrogen) atoms. The first-order chi connectivity index (χ1) is 51.5. The van der Waals surface area contributed by atoms with Gasteiger partial charge in [0.05, 0.1) is 27.8 Å². The van der Waals surface area contributed by atoms with Crippen LogP contribution in [0.5, 0.6) is 0 Å². The number of pyridine rings is 2. The van der Waals surface area contributed by atoms with Crippen LogP contribution in [0.25, 0.3) is 191 Å². The van der Waals surface area contributed by atoms with Gasteiger partial charge in [-0.05, 0) is 140 Å². The van der Waals surface area contributed by atoms with Crippen LogP contribution in [-0.4, -0.2) is 59.0 Å². The van der Waals surface area contributed by atoms with Gasteiger partial charge >= 0.3 is 0 Å². The maximum absolute atomic E-state index is 5.45. The van der Waals surface area contributed by atoms with E-state index in [0.717, 1.165) is 156 Å². The van der Waals surface area contributed by atoms with Crippen LogP contribution in [0.2, 0.25) is 0 Å². The molecule has 0 saturated carbocycles. The molecule has 6 heterocycles. The summed E-state index contributed by atoms with van der Waals surface area (Å²) in [7, 11) is 0. The summed E-state index contributed by atoms with van der Waals surface area (Å²) in [6.45, 7) is 0. The van der Waals surface area contributed by atoms with Gasteiger partial charge in [0, 0.05) is 56.5 Å². The Morgan fingerprint density at radius 2 is 0.519 bits per heavy atom. The van der Waals surface area contributed by atoms with E-state index in [-0.39, 0.29) is 0 Å². The zero-order valence-electron chi connectivity index (χ0n) is 55.9. The number of para-hydroxylation sites is 4. The van der Waals surface area contributed by atoms with Crippen molar-refractivity contribution in [2.45, 2.75) is 0 Å². The van der Waals surface area contributed by atoms with E-state index in [9.17, 15) is 0 Å². The molecule has 6 aromatic heterocycles. The summed E-state index contributed by atoms with van der Waals surface area (Å²) in [6, 6.07) is 119. The zero-order valence-corrected chi connectivity index (χ0v) is 55.9. The van der Waals surface area contributed by atoms with Gasteiger partial charge in [0.1, 0.15) is 11.4 Å². The van der Waals surface area contributed by atoms with E-state index in [1.807, 2.05) is 146 Å². The molecule has 0 saturated heterocycles. The Hall–Kier alpha value is -14.4. The second kappa shape index (κ2) is 26.1. The maximum Gasteiger partial charge on any atom is 0.164 e. The lowest BCUT2D eigenvalue weighted by Gasteiger charge is -2.15. The van der Waals surface area contributed by atoms with Crippen LogP contribution in [0.3, 0.4) is 0 Å². The lowest BCUT2D eigenvalue weighted by Crippen LogP contribution is -2.01. The summed E-state index contributed by atoms with van der Waals surface area (Å²) >= 11 is 0. The second-order valence-corrected chi connectivity index (χ2v) is 25.5. The van der Waals surface area contributed by atoms with E-state index in [0.29, 0.717) is 34.9 Å². The van der Waals surface area contributed by atoms with Gasteiger partial charge in [-0.15, -0.1) is 0 Å². The number of aromatic nitrogens is 12. The Morgan fingerprint density at radius 1 is 0.183 bits per heavy atom. The molecule has 12 nitrogen and oxygen atoms in total. The molecule has 0 bridgehead atoms. The standard InChI is InChI=1S/C92H58N12/c1-4-23-62(24-5-1)85-97-86(63-25-6-2-7-26-63)100-89(99-85)76-56-54-70(71-30-11-13-32-73(71)76)61-48-52-67(53-49-61)104-84-41-19-17-36-80(84)96-92(104)82-39-22-38-78(94-82)75-34-15-10-29-68(75)59-42-44-65(45-43-59)88-98-87(64-27-8-3-9-28-64)101-90(102-88)77-57-55-69(72-31-12-14-33-74(72)77)60-46-50-66(51-47-60)103-83-40-18-16-35-79(83)95-91(103)81-37-20-21-58-93-81/h1-58H. The number of rotatable bonds is 14. The molecule has 12 heteroatoms. The number of hydrogen-bond donors (Lipinski definition) is 0. The van der Waals surface area contributed by atoms with Crippen molar-refractivity contribution in [3.05, 3.63) is 352 Å². The summed E-state index contributed by atoms with van der Waals surface area (Å²) in [5.74, 6) is 5.11. The highest BCUT2D eigenvalue weighted by Gasteiger charge is 2.23. The summed E-state index contributed by atoms with van der Waals surface area (Å²) in [5.41, 5.74) is 20.9. The van der Waals surface area contributed by atoms with Crippen LogP contribution in [0.4, 0.5) is 0 Å². The number of hydrogen-bond acceptors (Lipinski definition) is 10. The molecule has 486 valence electrons. The topological polar surface area (TPSA) is 139 Å². The van der Waals surface area contributed by atoms with Crippen molar-refractivity contribution in [2.75, 3.05) is 0 Å². The fraction of sp³-hybridized carbons (Fsp3) is 0. The number of imidazole rings is 2. The van der Waals surface area contributed by atoms with Crippen LogP contribution >= 0.6 is 0 Å². The maximum atomic E-state index is 5.45. The largest absolute Gasteiger partial charge is 0.291 e. The van der Waals surface area contributed by atoms with Gasteiger partial charge in [-0.2, -0.15) is 0 Å². The number of benzene rings is 13. The fourth-order valence-corrected chi connectivity index (χ4v) is 14.2. The van der Waals surface area contributed by atoms with Gasteiger partial charge in [-0.3, -0.25) is 14.1 Å². The third kappa shape index (κ3) is 11.2. The normalized spacial score (nSPS) is 11.5. The van der Waals surface area contributed by atoms with Gasteiger partial charge in [0.2, 0.25) is 0 Å². The van der Waals surface area contributed by atoms with E-state index in [4.69, 9.17) is 44.9 Å². The predicted molar refractivity (Wildman–Crippen MR) is 418 cm³/mol. The molecule has 13 aromatic carbocycles. The SMILES string of the molecule is c1ccc(-c2nc(-c3ccc(-c4ccccc4-c4cccc(-c5nc6ccccc6n5-c5ccc(-c6ccc(-c7nc(-c8ccccc8)nc(-c8ccccc8)n7)c7ccccc67)cc5)n4)cc3)nc(-c3ccc(-c4ccc(-n5c(-c6ccccn6)nc6ccccc65)cc4)c4ccccc34)n2)cc1. The van der Waals surface area contributed by atoms with Crippen LogP contribution in [0.1, 0.15) is 0 Å². The highest BCUT2D eigenvalue weighted by molar-refractivity contribution is 6.06. The summed E-state index contributed by atoms with van der Waals surface area (Å²) < 4.78 is 4.40. The van der Waals surface area contributed by atoms with Crippen LogP contribution in [-0.2, 0) is 0 Å². The third-order valence-corrected chi connectivity index (χ3v) is 19.2. The van der Waals surface area contributed by atoms with E-state index >= 15 is 0 Å². The highest BCUT2D eigenvalue weighted by atomic mass is 15.1. The minimum absolute atomic E-state index is 0.567. The molecular weight excluding hydrogens is 1270 g/mol. The minimum Gasteiger partial charge on any atom is -0.291 e. The number of nitrogens with zero attached hydrogens (tertiary/aromatic N) is 12. The molecule has 0 atom stereocenters. The van der Waals surface area contributed by atoms with Crippen molar-refractivity contribution < 1.29 is 0 Å². The third-order valence-electron chi connectivity index (χ3n) is 19.2. The van der Waals surface area contributed by atoms with Crippen molar-refractivity contribution in [2.24, 2.45) is 0 Å². The highest BCUT2D eigenvalue weighted by Crippen LogP contribution is 2.41. The van der Waals surface area contributed by atoms with Gasteiger partial charge in [-0.25, -0.2) is 44.9 Å². The van der Waals surface area contributed by atoms with Crippen LogP contribution in [0, 0.1) is 0 Å². The van der Waals surface area contributed by atoms with E-state index in [2.05, 4.69) is 220 Å². The van der Waals surface area contributed by atoms with Crippen molar-refractivity contribution >= 4 is 43.6 Å². The molecule has 19 aromatic rings. The molecule has 0 aliphatic carbocycles. The summed E-state index contributed by atoms with van der Waals surface area (Å²) in [5, 5.41) is 4.24. The molecule has 19 rings (SSSR count). The first-order valence-electron chi connectivity index (χ1n) is 34.5. The number of fused-ring (bicyclic) bond motifs is 4.